The van der Waals surface area contributed by atoms with Crippen LogP contribution in [0.2, 0.25) is 0 Å². The molecule has 104 valence electrons. The zero-order valence-corrected chi connectivity index (χ0v) is 11.8. The molecule has 4 heteroatoms. The predicted octanol–water partition coefficient (Wildman–Crippen LogP) is 2.22. The Hall–Kier alpha value is -1.06. The molecule has 0 aromatic carbocycles. The molecule has 18 heavy (non-hydrogen) atoms. The summed E-state index contributed by atoms with van der Waals surface area (Å²) in [4.78, 5) is 25.1. The molecule has 1 rings (SSSR count). The zero-order valence-electron chi connectivity index (χ0n) is 11.8. The second kappa shape index (κ2) is 7.39. The van der Waals surface area contributed by atoms with Crippen molar-refractivity contribution in [3.63, 3.8) is 0 Å². The van der Waals surface area contributed by atoms with Crippen molar-refractivity contribution in [3.05, 3.63) is 0 Å². The number of hydrogen-bond acceptors (Lipinski definition) is 3. The first-order chi connectivity index (χ1) is 8.54. The Bertz CT molecular complexity index is 283. The fourth-order valence-electron chi connectivity index (χ4n) is 2.42. The Kier molecular flexibility index (Phi) is 6.16. The highest BCUT2D eigenvalue weighted by Crippen LogP contribution is 2.29. The van der Waals surface area contributed by atoms with Crippen molar-refractivity contribution in [1.29, 1.82) is 0 Å². The quantitative estimate of drug-likeness (QED) is 0.708. The maximum atomic E-state index is 12.1. The van der Waals surface area contributed by atoms with E-state index in [-0.39, 0.29) is 17.8 Å². The standard InChI is InChI=1S/C14H25NO3/c1-4-18-13(16)9-10-15(3)14(17)12-7-5-11(2)6-8-12/h11-12H,4-10H2,1-3H3. The van der Waals surface area contributed by atoms with Gasteiger partial charge in [-0.2, -0.15) is 0 Å². The fourth-order valence-corrected chi connectivity index (χ4v) is 2.42. The van der Waals surface area contributed by atoms with Gasteiger partial charge in [-0.15, -0.1) is 0 Å². The number of rotatable bonds is 5. The Balaban J connectivity index is 2.30. The van der Waals surface area contributed by atoms with Crippen LogP contribution in [-0.4, -0.2) is 37.0 Å². The third kappa shape index (κ3) is 4.67. The van der Waals surface area contributed by atoms with E-state index < -0.39 is 0 Å². The second-order valence-electron chi connectivity index (χ2n) is 5.27. The number of nitrogens with zero attached hydrogens (tertiary/aromatic N) is 1. The summed E-state index contributed by atoms with van der Waals surface area (Å²) in [6.07, 6.45) is 4.55. The van der Waals surface area contributed by atoms with Crippen molar-refractivity contribution in [2.45, 2.75) is 46.0 Å². The summed E-state index contributed by atoms with van der Waals surface area (Å²) in [5, 5.41) is 0. The minimum absolute atomic E-state index is 0.161. The molecule has 1 amide bonds. The molecule has 0 N–H and O–H groups in total. The van der Waals surface area contributed by atoms with E-state index in [0.717, 1.165) is 31.6 Å². The lowest BCUT2D eigenvalue weighted by Crippen LogP contribution is -2.36. The van der Waals surface area contributed by atoms with Gasteiger partial charge in [0.15, 0.2) is 0 Å². The van der Waals surface area contributed by atoms with Gasteiger partial charge in [-0.1, -0.05) is 6.92 Å². The SMILES string of the molecule is CCOC(=O)CCN(C)C(=O)C1CCC(C)CC1. The number of ether oxygens (including phenoxy) is 1. The molecule has 0 radical (unpaired) electrons. The highest BCUT2D eigenvalue weighted by atomic mass is 16.5. The van der Waals surface area contributed by atoms with Crippen LogP contribution in [-0.2, 0) is 14.3 Å². The minimum Gasteiger partial charge on any atom is -0.466 e. The van der Waals surface area contributed by atoms with E-state index in [1.807, 2.05) is 0 Å². The maximum absolute atomic E-state index is 12.1. The molecule has 0 spiro atoms. The second-order valence-corrected chi connectivity index (χ2v) is 5.27. The van der Waals surface area contributed by atoms with Gasteiger partial charge in [-0.05, 0) is 38.5 Å². The summed E-state index contributed by atoms with van der Waals surface area (Å²) in [6, 6.07) is 0. The minimum atomic E-state index is -0.227. The molecule has 0 bridgehead atoms. The van der Waals surface area contributed by atoms with Crippen LogP contribution >= 0.6 is 0 Å². The zero-order chi connectivity index (χ0) is 13.5. The molecule has 0 heterocycles. The van der Waals surface area contributed by atoms with Gasteiger partial charge in [0, 0.05) is 19.5 Å². The predicted molar refractivity (Wildman–Crippen MR) is 70.0 cm³/mol. The number of carbonyl (C=O) groups is 2. The van der Waals surface area contributed by atoms with E-state index in [2.05, 4.69) is 6.92 Å². The highest BCUT2D eigenvalue weighted by molar-refractivity contribution is 5.79. The van der Waals surface area contributed by atoms with Crippen molar-refractivity contribution in [3.8, 4) is 0 Å². The van der Waals surface area contributed by atoms with Crippen LogP contribution in [0.5, 0.6) is 0 Å². The topological polar surface area (TPSA) is 46.6 Å². The van der Waals surface area contributed by atoms with Gasteiger partial charge in [-0.25, -0.2) is 0 Å². The normalized spacial score (nSPS) is 23.5. The first-order valence-electron chi connectivity index (χ1n) is 6.95. The van der Waals surface area contributed by atoms with Crippen LogP contribution in [0.25, 0.3) is 0 Å². The smallest absolute Gasteiger partial charge is 0.307 e. The van der Waals surface area contributed by atoms with Crippen molar-refractivity contribution in [2.24, 2.45) is 11.8 Å². The third-order valence-electron chi connectivity index (χ3n) is 3.70. The molecule has 0 atom stereocenters. The first kappa shape index (κ1) is 15.0. The van der Waals surface area contributed by atoms with Crippen molar-refractivity contribution >= 4 is 11.9 Å². The number of esters is 1. The van der Waals surface area contributed by atoms with Crippen LogP contribution in [0.15, 0.2) is 0 Å². The molecular weight excluding hydrogens is 230 g/mol. The summed E-state index contributed by atoms with van der Waals surface area (Å²) in [5.74, 6) is 0.868. The number of carbonyl (C=O) groups excluding carboxylic acids is 2. The summed E-state index contributed by atoms with van der Waals surface area (Å²) in [7, 11) is 1.78. The molecule has 1 fully saturated rings. The summed E-state index contributed by atoms with van der Waals surface area (Å²) in [6.45, 7) is 4.89. The fraction of sp³-hybridized carbons (Fsp3) is 0.857. The lowest BCUT2D eigenvalue weighted by atomic mass is 9.82. The lowest BCUT2D eigenvalue weighted by molar-refractivity contribution is -0.144. The molecular formula is C14H25NO3. The maximum Gasteiger partial charge on any atom is 0.307 e. The van der Waals surface area contributed by atoms with E-state index in [0.29, 0.717) is 19.6 Å². The molecule has 1 aliphatic rings. The Labute approximate surface area is 110 Å². The summed E-state index contributed by atoms with van der Waals surface area (Å²) < 4.78 is 4.85. The van der Waals surface area contributed by atoms with Crippen molar-refractivity contribution in [1.82, 2.24) is 4.90 Å². The molecule has 1 aliphatic carbocycles. The van der Waals surface area contributed by atoms with Crippen LogP contribution in [0.4, 0.5) is 0 Å². The Morgan fingerprint density at radius 3 is 2.39 bits per heavy atom. The van der Waals surface area contributed by atoms with Crippen LogP contribution < -0.4 is 0 Å². The average molecular weight is 255 g/mol. The molecule has 1 saturated carbocycles. The average Bonchev–Trinajstić information content (AvgIpc) is 2.36. The molecule has 4 nitrogen and oxygen atoms in total. The van der Waals surface area contributed by atoms with Crippen LogP contribution in [0, 0.1) is 11.8 Å². The lowest BCUT2D eigenvalue weighted by Gasteiger charge is -2.28. The Morgan fingerprint density at radius 1 is 1.22 bits per heavy atom. The summed E-state index contributed by atoms with van der Waals surface area (Å²) >= 11 is 0. The van der Waals surface area contributed by atoms with Gasteiger partial charge in [0.1, 0.15) is 0 Å². The van der Waals surface area contributed by atoms with Crippen molar-refractivity contribution in [2.75, 3.05) is 20.2 Å². The van der Waals surface area contributed by atoms with E-state index in [1.165, 1.54) is 0 Å². The van der Waals surface area contributed by atoms with Gasteiger partial charge < -0.3 is 9.64 Å². The first-order valence-corrected chi connectivity index (χ1v) is 6.95. The van der Waals surface area contributed by atoms with Gasteiger partial charge in [0.05, 0.1) is 13.0 Å². The highest BCUT2D eigenvalue weighted by Gasteiger charge is 2.26. The molecule has 0 aromatic rings. The van der Waals surface area contributed by atoms with E-state index in [1.54, 1.807) is 18.9 Å². The third-order valence-corrected chi connectivity index (χ3v) is 3.70. The molecule has 0 aliphatic heterocycles. The van der Waals surface area contributed by atoms with Gasteiger partial charge in [-0.3, -0.25) is 9.59 Å². The monoisotopic (exact) mass is 255 g/mol. The Morgan fingerprint density at radius 2 is 1.83 bits per heavy atom. The van der Waals surface area contributed by atoms with E-state index in [9.17, 15) is 9.59 Å². The van der Waals surface area contributed by atoms with E-state index in [4.69, 9.17) is 4.74 Å². The molecule has 0 saturated heterocycles. The van der Waals surface area contributed by atoms with Gasteiger partial charge in [0.2, 0.25) is 5.91 Å². The van der Waals surface area contributed by atoms with Crippen LogP contribution in [0.3, 0.4) is 0 Å². The number of hydrogen-bond donors (Lipinski definition) is 0. The van der Waals surface area contributed by atoms with E-state index >= 15 is 0 Å². The summed E-state index contributed by atoms with van der Waals surface area (Å²) in [5.41, 5.74) is 0. The number of amides is 1. The largest absolute Gasteiger partial charge is 0.466 e. The van der Waals surface area contributed by atoms with Gasteiger partial charge >= 0.3 is 5.97 Å². The molecule has 0 unspecified atom stereocenters. The van der Waals surface area contributed by atoms with Crippen molar-refractivity contribution < 1.29 is 14.3 Å². The van der Waals surface area contributed by atoms with Gasteiger partial charge in [0.25, 0.3) is 0 Å². The van der Waals surface area contributed by atoms with Crippen LogP contribution in [0.1, 0.15) is 46.0 Å². The molecule has 0 aromatic heterocycles.